The lowest BCUT2D eigenvalue weighted by Gasteiger charge is -2.18. The van der Waals surface area contributed by atoms with Crippen LogP contribution in [0.4, 0.5) is 0 Å². The highest BCUT2D eigenvalue weighted by atomic mass is 16.5. The van der Waals surface area contributed by atoms with Crippen LogP contribution in [0.2, 0.25) is 0 Å². The normalized spacial score (nSPS) is 40.8. The van der Waals surface area contributed by atoms with Crippen LogP contribution in [0.1, 0.15) is 19.3 Å². The van der Waals surface area contributed by atoms with E-state index in [-0.39, 0.29) is 0 Å². The molecule has 2 fully saturated rings. The lowest BCUT2D eigenvalue weighted by Crippen LogP contribution is -2.37. The minimum atomic E-state index is 0.452. The average molecular weight is 151 g/mol. The van der Waals surface area contributed by atoms with E-state index in [1.165, 1.54) is 12.8 Å². The summed E-state index contributed by atoms with van der Waals surface area (Å²) in [5, 5.41) is 3.30. The summed E-state index contributed by atoms with van der Waals surface area (Å²) in [6, 6.07) is 0.532. The molecule has 2 saturated heterocycles. The fraction of sp³-hybridized carbons (Fsp3) is 0.778. The van der Waals surface area contributed by atoms with Crippen LogP contribution in [-0.2, 0) is 4.74 Å². The van der Waals surface area contributed by atoms with Crippen molar-refractivity contribution < 1.29 is 4.74 Å². The molecule has 0 saturated carbocycles. The number of hydrogen-bond acceptors (Lipinski definition) is 2. The van der Waals surface area contributed by atoms with Gasteiger partial charge in [0.05, 0.1) is 18.8 Å². The summed E-state index contributed by atoms with van der Waals surface area (Å²) in [5.41, 5.74) is 0. The maximum absolute atomic E-state index is 5.65. The molecule has 0 aliphatic carbocycles. The summed E-state index contributed by atoms with van der Waals surface area (Å²) < 4.78 is 5.65. The molecule has 0 spiro atoms. The molecule has 0 aromatic heterocycles. The van der Waals surface area contributed by atoms with Gasteiger partial charge in [-0.05, 0) is 19.3 Å². The van der Waals surface area contributed by atoms with Crippen LogP contribution in [0, 0.1) is 12.3 Å². The Morgan fingerprint density at radius 2 is 2.45 bits per heavy atom. The molecule has 2 aliphatic rings. The lowest BCUT2D eigenvalue weighted by molar-refractivity contribution is 0.0979. The molecule has 2 aliphatic heterocycles. The number of rotatable bonds is 2. The summed E-state index contributed by atoms with van der Waals surface area (Å²) >= 11 is 0. The minimum absolute atomic E-state index is 0.452. The van der Waals surface area contributed by atoms with Gasteiger partial charge in [-0.15, -0.1) is 6.42 Å². The van der Waals surface area contributed by atoms with Crippen molar-refractivity contribution in [3.8, 4) is 12.3 Å². The van der Waals surface area contributed by atoms with Crippen molar-refractivity contribution >= 4 is 0 Å². The molecule has 2 heterocycles. The third kappa shape index (κ3) is 1.26. The first-order valence-corrected chi connectivity index (χ1v) is 4.22. The highest BCUT2D eigenvalue weighted by Gasteiger charge is 2.40. The van der Waals surface area contributed by atoms with Gasteiger partial charge in [-0.3, -0.25) is 0 Å². The van der Waals surface area contributed by atoms with E-state index in [2.05, 4.69) is 11.2 Å². The zero-order valence-electron chi connectivity index (χ0n) is 6.55. The number of ether oxygens (including phenoxy) is 1. The Morgan fingerprint density at radius 3 is 3.00 bits per heavy atom. The quantitative estimate of drug-likeness (QED) is 0.581. The van der Waals surface area contributed by atoms with Gasteiger partial charge in [0, 0.05) is 6.04 Å². The molecule has 3 atom stereocenters. The Kier molecular flexibility index (Phi) is 1.85. The molecule has 0 amide bonds. The molecule has 3 unspecified atom stereocenters. The summed E-state index contributed by atoms with van der Waals surface area (Å²) in [6.07, 6.45) is 9.75. The van der Waals surface area contributed by atoms with Crippen LogP contribution in [0.25, 0.3) is 0 Å². The van der Waals surface area contributed by atoms with Crippen molar-refractivity contribution in [3.05, 3.63) is 0 Å². The molecule has 60 valence electrons. The van der Waals surface area contributed by atoms with E-state index in [1.54, 1.807) is 0 Å². The molecule has 2 bridgehead atoms. The molecule has 11 heavy (non-hydrogen) atoms. The molecule has 0 radical (unpaired) electrons. The van der Waals surface area contributed by atoms with E-state index in [0.717, 1.165) is 6.42 Å². The van der Waals surface area contributed by atoms with Crippen molar-refractivity contribution in [1.82, 2.24) is 5.32 Å². The Labute approximate surface area is 67.3 Å². The highest BCUT2D eigenvalue weighted by molar-refractivity contribution is 4.97. The van der Waals surface area contributed by atoms with Gasteiger partial charge in [0.15, 0.2) is 0 Å². The van der Waals surface area contributed by atoms with Crippen LogP contribution in [-0.4, -0.2) is 24.8 Å². The Hall–Kier alpha value is -0.520. The van der Waals surface area contributed by atoms with E-state index in [0.29, 0.717) is 24.8 Å². The fourth-order valence-electron chi connectivity index (χ4n) is 2.04. The average Bonchev–Trinajstić information content (AvgIpc) is 2.60. The summed E-state index contributed by atoms with van der Waals surface area (Å²) in [4.78, 5) is 0. The summed E-state index contributed by atoms with van der Waals surface area (Å²) in [6.45, 7) is 0.678. The van der Waals surface area contributed by atoms with Crippen molar-refractivity contribution in [2.24, 2.45) is 0 Å². The van der Waals surface area contributed by atoms with Gasteiger partial charge in [-0.25, -0.2) is 0 Å². The topological polar surface area (TPSA) is 21.3 Å². The number of hydrogen-bond donors (Lipinski definition) is 1. The van der Waals surface area contributed by atoms with Gasteiger partial charge >= 0.3 is 0 Å². The van der Waals surface area contributed by atoms with Crippen LogP contribution in [0.5, 0.6) is 0 Å². The lowest BCUT2D eigenvalue weighted by atomic mass is 9.96. The van der Waals surface area contributed by atoms with Gasteiger partial charge in [-0.2, -0.15) is 0 Å². The minimum Gasteiger partial charge on any atom is -0.373 e. The Bertz CT molecular complexity index is 184. The van der Waals surface area contributed by atoms with Crippen LogP contribution >= 0.6 is 0 Å². The van der Waals surface area contributed by atoms with Gasteiger partial charge in [0.2, 0.25) is 0 Å². The molecular weight excluding hydrogens is 138 g/mol. The van der Waals surface area contributed by atoms with Crippen LogP contribution < -0.4 is 5.32 Å². The van der Waals surface area contributed by atoms with E-state index < -0.39 is 0 Å². The number of nitrogens with one attached hydrogen (secondary N) is 1. The second-order valence-electron chi connectivity index (χ2n) is 3.30. The molecule has 0 aromatic rings. The zero-order valence-corrected chi connectivity index (χ0v) is 6.55. The maximum atomic E-state index is 5.65. The third-order valence-corrected chi connectivity index (χ3v) is 2.57. The van der Waals surface area contributed by atoms with E-state index in [1.807, 2.05) is 0 Å². The van der Waals surface area contributed by atoms with Gasteiger partial charge in [0.25, 0.3) is 0 Å². The van der Waals surface area contributed by atoms with E-state index >= 15 is 0 Å². The smallest absolute Gasteiger partial charge is 0.0734 e. The predicted octanol–water partition coefficient (Wildman–Crippen LogP) is 0.529. The maximum Gasteiger partial charge on any atom is 0.0734 e. The zero-order chi connectivity index (χ0) is 7.68. The first-order chi connectivity index (χ1) is 5.40. The van der Waals surface area contributed by atoms with Gasteiger partial charge in [-0.1, -0.05) is 5.92 Å². The van der Waals surface area contributed by atoms with E-state index in [9.17, 15) is 0 Å². The standard InChI is InChI=1S/C9H13NO/c1-2-5-10-8-6-7-3-4-9(8)11-7/h1,7-10H,3-6H2. The van der Waals surface area contributed by atoms with E-state index in [4.69, 9.17) is 11.2 Å². The number of terminal acetylenes is 1. The van der Waals surface area contributed by atoms with Crippen molar-refractivity contribution in [3.63, 3.8) is 0 Å². The summed E-state index contributed by atoms with van der Waals surface area (Å²) in [5.74, 6) is 2.59. The monoisotopic (exact) mass is 151 g/mol. The van der Waals surface area contributed by atoms with Crippen molar-refractivity contribution in [2.45, 2.75) is 37.5 Å². The molecule has 2 rings (SSSR count). The molecule has 1 N–H and O–H groups in total. The van der Waals surface area contributed by atoms with Gasteiger partial charge < -0.3 is 10.1 Å². The third-order valence-electron chi connectivity index (χ3n) is 2.57. The first kappa shape index (κ1) is 7.15. The fourth-order valence-corrected chi connectivity index (χ4v) is 2.04. The van der Waals surface area contributed by atoms with Gasteiger partial charge in [0.1, 0.15) is 0 Å². The highest BCUT2D eigenvalue weighted by Crippen LogP contribution is 2.33. The van der Waals surface area contributed by atoms with Crippen LogP contribution in [0.15, 0.2) is 0 Å². The Morgan fingerprint density at radius 1 is 1.55 bits per heavy atom. The predicted molar refractivity (Wildman–Crippen MR) is 43.1 cm³/mol. The first-order valence-electron chi connectivity index (χ1n) is 4.22. The Balaban J connectivity index is 1.84. The van der Waals surface area contributed by atoms with Crippen molar-refractivity contribution in [1.29, 1.82) is 0 Å². The molecular formula is C9H13NO. The molecule has 2 heteroatoms. The molecule has 2 nitrogen and oxygen atoms in total. The number of fused-ring (bicyclic) bond motifs is 2. The molecule has 0 aromatic carbocycles. The second kappa shape index (κ2) is 2.84. The largest absolute Gasteiger partial charge is 0.373 e. The second-order valence-corrected chi connectivity index (χ2v) is 3.30. The SMILES string of the molecule is C#CCNC1CC2CCC1O2. The van der Waals surface area contributed by atoms with Crippen LogP contribution in [0.3, 0.4) is 0 Å². The summed E-state index contributed by atoms with van der Waals surface area (Å²) in [7, 11) is 0. The van der Waals surface area contributed by atoms with Crippen molar-refractivity contribution in [2.75, 3.05) is 6.54 Å².